The highest BCUT2D eigenvalue weighted by Crippen LogP contribution is 2.28. The number of aromatic nitrogens is 1. The van der Waals surface area contributed by atoms with Gasteiger partial charge in [-0.05, 0) is 12.1 Å². The van der Waals surface area contributed by atoms with Crippen molar-refractivity contribution in [1.82, 2.24) is 4.98 Å². The highest BCUT2D eigenvalue weighted by Gasteiger charge is 2.06. The lowest BCUT2D eigenvalue weighted by Crippen LogP contribution is -2.07. The first-order valence-corrected chi connectivity index (χ1v) is 6.65. The van der Waals surface area contributed by atoms with Crippen LogP contribution in [0.25, 0.3) is 0 Å². The minimum Gasteiger partial charge on any atom is -0.494 e. The zero-order valence-corrected chi connectivity index (χ0v) is 11.6. The molecule has 0 atom stereocenters. The number of ether oxygens (including phenoxy) is 1. The number of nitrogens with zero attached hydrogens (tertiary/aromatic N) is 1. The van der Waals surface area contributed by atoms with Crippen LogP contribution < -0.4 is 15.4 Å². The number of thiazole rings is 1. The van der Waals surface area contributed by atoms with E-state index in [9.17, 15) is 4.79 Å². The lowest BCUT2D eigenvalue weighted by Gasteiger charge is -2.11. The fraction of sp³-hybridized carbons (Fsp3) is 0.231. The van der Waals surface area contributed by atoms with Crippen LogP contribution in [0.4, 0.5) is 11.4 Å². The summed E-state index contributed by atoms with van der Waals surface area (Å²) in [5.74, 6) is 0.501. The first kappa shape index (κ1) is 13.4. The lowest BCUT2D eigenvalue weighted by atomic mass is 10.2. The van der Waals surface area contributed by atoms with Crippen molar-refractivity contribution in [3.8, 4) is 5.75 Å². The molecule has 0 aliphatic heterocycles. The van der Waals surface area contributed by atoms with E-state index in [0.717, 1.165) is 10.7 Å². The number of anilines is 2. The van der Waals surface area contributed by atoms with Crippen molar-refractivity contribution in [1.29, 1.82) is 0 Å². The zero-order chi connectivity index (χ0) is 13.7. The lowest BCUT2D eigenvalue weighted by molar-refractivity contribution is -0.114. The van der Waals surface area contributed by atoms with Gasteiger partial charge in [-0.1, -0.05) is 0 Å². The molecule has 0 bridgehead atoms. The molecule has 2 rings (SSSR count). The van der Waals surface area contributed by atoms with E-state index in [0.29, 0.717) is 18.0 Å². The van der Waals surface area contributed by atoms with E-state index in [4.69, 9.17) is 4.74 Å². The Hall–Kier alpha value is -2.08. The summed E-state index contributed by atoms with van der Waals surface area (Å²) in [4.78, 5) is 15.3. The topological polar surface area (TPSA) is 63.2 Å². The molecule has 2 aromatic rings. The number of methoxy groups -OCH3 is 1. The molecule has 100 valence electrons. The monoisotopic (exact) mass is 277 g/mol. The predicted molar refractivity (Wildman–Crippen MR) is 76.7 cm³/mol. The molecule has 0 aliphatic rings. The fourth-order valence-electron chi connectivity index (χ4n) is 1.61. The van der Waals surface area contributed by atoms with Crippen molar-refractivity contribution in [3.05, 3.63) is 34.8 Å². The summed E-state index contributed by atoms with van der Waals surface area (Å²) in [5.41, 5.74) is 1.58. The van der Waals surface area contributed by atoms with Crippen molar-refractivity contribution in [2.45, 2.75) is 13.5 Å². The predicted octanol–water partition coefficient (Wildman–Crippen LogP) is 2.72. The van der Waals surface area contributed by atoms with Gasteiger partial charge in [0.25, 0.3) is 0 Å². The molecule has 0 saturated heterocycles. The van der Waals surface area contributed by atoms with Gasteiger partial charge >= 0.3 is 0 Å². The van der Waals surface area contributed by atoms with E-state index < -0.39 is 0 Å². The Morgan fingerprint density at radius 2 is 2.32 bits per heavy atom. The van der Waals surface area contributed by atoms with Crippen LogP contribution in [0.15, 0.2) is 29.8 Å². The van der Waals surface area contributed by atoms with Gasteiger partial charge in [-0.25, -0.2) is 4.98 Å². The normalized spacial score (nSPS) is 10.0. The molecular weight excluding hydrogens is 262 g/mol. The largest absolute Gasteiger partial charge is 0.494 e. The molecule has 1 aromatic heterocycles. The quantitative estimate of drug-likeness (QED) is 0.882. The second kappa shape index (κ2) is 6.19. The number of nitrogens with one attached hydrogen (secondary N) is 2. The summed E-state index contributed by atoms with van der Waals surface area (Å²) in [5, 5.41) is 8.94. The van der Waals surface area contributed by atoms with Crippen molar-refractivity contribution >= 4 is 28.6 Å². The van der Waals surface area contributed by atoms with Crippen LogP contribution in [0, 0.1) is 0 Å². The van der Waals surface area contributed by atoms with E-state index >= 15 is 0 Å². The first-order chi connectivity index (χ1) is 9.19. The summed E-state index contributed by atoms with van der Waals surface area (Å²) < 4.78 is 5.26. The molecule has 0 fully saturated rings. The van der Waals surface area contributed by atoms with Gasteiger partial charge in [0.15, 0.2) is 0 Å². The molecule has 0 aliphatic carbocycles. The summed E-state index contributed by atoms with van der Waals surface area (Å²) in [7, 11) is 1.57. The zero-order valence-electron chi connectivity index (χ0n) is 10.8. The molecule has 19 heavy (non-hydrogen) atoms. The second-order valence-corrected chi connectivity index (χ2v) is 4.85. The minimum absolute atomic E-state index is 0.123. The second-order valence-electron chi connectivity index (χ2n) is 3.88. The van der Waals surface area contributed by atoms with Gasteiger partial charge in [-0.3, -0.25) is 4.79 Å². The van der Waals surface area contributed by atoms with Gasteiger partial charge in [0.05, 0.1) is 19.3 Å². The van der Waals surface area contributed by atoms with Crippen molar-refractivity contribution < 1.29 is 9.53 Å². The third-order valence-electron chi connectivity index (χ3n) is 2.44. The standard InChI is InChI=1S/C13H15N3O2S/c1-9(17)16-11-4-3-10(7-12(11)18-2)15-8-13-14-5-6-19-13/h3-7,15H,8H2,1-2H3,(H,16,17). The molecule has 0 spiro atoms. The number of rotatable bonds is 5. The summed E-state index contributed by atoms with van der Waals surface area (Å²) in [6.45, 7) is 2.13. The molecule has 0 saturated carbocycles. The molecule has 0 unspecified atom stereocenters. The highest BCUT2D eigenvalue weighted by atomic mass is 32.1. The molecule has 1 amide bonds. The van der Waals surface area contributed by atoms with E-state index in [1.807, 2.05) is 23.6 Å². The maximum atomic E-state index is 11.1. The van der Waals surface area contributed by atoms with Crippen LogP contribution in [-0.2, 0) is 11.3 Å². The maximum Gasteiger partial charge on any atom is 0.221 e. The molecule has 5 nitrogen and oxygen atoms in total. The molecule has 1 heterocycles. The Bertz CT molecular complexity index is 555. The highest BCUT2D eigenvalue weighted by molar-refractivity contribution is 7.09. The van der Waals surface area contributed by atoms with Gasteiger partial charge in [0.2, 0.25) is 5.91 Å². The van der Waals surface area contributed by atoms with E-state index in [-0.39, 0.29) is 5.91 Å². The van der Waals surface area contributed by atoms with E-state index in [1.54, 1.807) is 24.6 Å². The molecule has 1 aromatic carbocycles. The van der Waals surface area contributed by atoms with E-state index in [1.165, 1.54) is 6.92 Å². The Balaban J connectivity index is 2.07. The Morgan fingerprint density at radius 1 is 1.47 bits per heavy atom. The molecule has 2 N–H and O–H groups in total. The van der Waals surface area contributed by atoms with Gasteiger partial charge in [0, 0.05) is 30.3 Å². The van der Waals surface area contributed by atoms with Crippen LogP contribution in [0.2, 0.25) is 0 Å². The van der Waals surface area contributed by atoms with Crippen molar-refractivity contribution in [2.24, 2.45) is 0 Å². The van der Waals surface area contributed by atoms with Crippen molar-refractivity contribution in [2.75, 3.05) is 17.7 Å². The molecule has 6 heteroatoms. The molecule has 0 radical (unpaired) electrons. The number of hydrogen-bond acceptors (Lipinski definition) is 5. The van der Waals surface area contributed by atoms with Crippen LogP contribution >= 0.6 is 11.3 Å². The smallest absolute Gasteiger partial charge is 0.221 e. The van der Waals surface area contributed by atoms with Gasteiger partial charge in [0.1, 0.15) is 10.8 Å². The fourth-order valence-corrected chi connectivity index (χ4v) is 2.17. The van der Waals surface area contributed by atoms with Crippen molar-refractivity contribution in [3.63, 3.8) is 0 Å². The van der Waals surface area contributed by atoms with Crippen LogP contribution in [0.3, 0.4) is 0 Å². The molecular formula is C13H15N3O2S. The number of benzene rings is 1. The average molecular weight is 277 g/mol. The minimum atomic E-state index is -0.123. The summed E-state index contributed by atoms with van der Waals surface area (Å²) in [6, 6.07) is 5.55. The number of hydrogen-bond donors (Lipinski definition) is 2. The van der Waals surface area contributed by atoms with E-state index in [2.05, 4.69) is 15.6 Å². The van der Waals surface area contributed by atoms with Gasteiger partial charge < -0.3 is 15.4 Å². The van der Waals surface area contributed by atoms with Gasteiger partial charge in [-0.2, -0.15) is 0 Å². The number of carbonyl (C=O) groups excluding carboxylic acids is 1. The van der Waals surface area contributed by atoms with Gasteiger partial charge in [-0.15, -0.1) is 11.3 Å². The summed E-state index contributed by atoms with van der Waals surface area (Å²) >= 11 is 1.60. The summed E-state index contributed by atoms with van der Waals surface area (Å²) in [6.07, 6.45) is 1.78. The maximum absolute atomic E-state index is 11.1. The third kappa shape index (κ3) is 3.69. The Kier molecular flexibility index (Phi) is 4.35. The van der Waals surface area contributed by atoms with Crippen LogP contribution in [0.1, 0.15) is 11.9 Å². The first-order valence-electron chi connectivity index (χ1n) is 5.77. The van der Waals surface area contributed by atoms with Crippen LogP contribution in [-0.4, -0.2) is 18.0 Å². The SMILES string of the molecule is COc1cc(NCc2nccs2)ccc1NC(C)=O. The number of amides is 1. The average Bonchev–Trinajstić information content (AvgIpc) is 2.90. The Morgan fingerprint density at radius 3 is 2.95 bits per heavy atom. The van der Waals surface area contributed by atoms with Crippen LogP contribution in [0.5, 0.6) is 5.75 Å². The third-order valence-corrected chi connectivity index (χ3v) is 3.22. The Labute approximate surface area is 115 Å². The number of carbonyl (C=O) groups is 1.